The Balaban J connectivity index is 2.27. The van der Waals surface area contributed by atoms with E-state index in [-0.39, 0.29) is 5.82 Å². The SMILES string of the molecule is CN1CCc2ccsc2-c2ncc(F)cc21. The summed E-state index contributed by atoms with van der Waals surface area (Å²) in [4.78, 5) is 7.48. The van der Waals surface area contributed by atoms with E-state index in [0.717, 1.165) is 24.3 Å². The molecule has 1 aliphatic rings. The minimum absolute atomic E-state index is 0.273. The Morgan fingerprint density at radius 1 is 1.50 bits per heavy atom. The molecule has 0 unspecified atom stereocenters. The number of rotatable bonds is 0. The van der Waals surface area contributed by atoms with Crippen molar-refractivity contribution in [2.45, 2.75) is 6.42 Å². The molecule has 0 bridgehead atoms. The topological polar surface area (TPSA) is 16.1 Å². The van der Waals surface area contributed by atoms with Gasteiger partial charge in [-0.15, -0.1) is 11.3 Å². The average molecular weight is 234 g/mol. The predicted molar refractivity (Wildman–Crippen MR) is 64.5 cm³/mol. The van der Waals surface area contributed by atoms with Gasteiger partial charge in [-0.05, 0) is 23.4 Å². The van der Waals surface area contributed by atoms with E-state index in [0.29, 0.717) is 0 Å². The van der Waals surface area contributed by atoms with Crippen molar-refractivity contribution in [1.82, 2.24) is 4.98 Å². The molecule has 2 aromatic heterocycles. The van der Waals surface area contributed by atoms with Crippen LogP contribution in [0.1, 0.15) is 5.56 Å². The van der Waals surface area contributed by atoms with Crippen molar-refractivity contribution in [2.75, 3.05) is 18.5 Å². The second-order valence-electron chi connectivity index (χ2n) is 3.97. The maximum absolute atomic E-state index is 13.2. The molecular weight excluding hydrogens is 223 g/mol. The van der Waals surface area contributed by atoms with Crippen LogP contribution in [0.5, 0.6) is 0 Å². The molecule has 0 amide bonds. The van der Waals surface area contributed by atoms with Gasteiger partial charge in [-0.25, -0.2) is 4.39 Å². The van der Waals surface area contributed by atoms with Crippen LogP contribution in [0.3, 0.4) is 0 Å². The van der Waals surface area contributed by atoms with E-state index < -0.39 is 0 Å². The lowest BCUT2D eigenvalue weighted by atomic mass is 10.1. The van der Waals surface area contributed by atoms with Crippen molar-refractivity contribution in [2.24, 2.45) is 0 Å². The number of nitrogens with zero attached hydrogens (tertiary/aromatic N) is 2. The number of pyridine rings is 1. The van der Waals surface area contributed by atoms with Gasteiger partial charge in [0.2, 0.25) is 0 Å². The van der Waals surface area contributed by atoms with E-state index in [1.165, 1.54) is 16.6 Å². The van der Waals surface area contributed by atoms with E-state index in [9.17, 15) is 4.39 Å². The van der Waals surface area contributed by atoms with Gasteiger partial charge in [0.1, 0.15) is 11.5 Å². The lowest BCUT2D eigenvalue weighted by Crippen LogP contribution is -2.19. The Morgan fingerprint density at radius 3 is 3.25 bits per heavy atom. The third kappa shape index (κ3) is 1.41. The van der Waals surface area contributed by atoms with Crippen molar-refractivity contribution in [1.29, 1.82) is 0 Å². The van der Waals surface area contributed by atoms with Gasteiger partial charge in [-0.3, -0.25) is 4.98 Å². The normalized spacial score (nSPS) is 14.2. The summed E-state index contributed by atoms with van der Waals surface area (Å²) in [5.41, 5.74) is 3.11. The second kappa shape index (κ2) is 3.56. The van der Waals surface area contributed by atoms with Gasteiger partial charge < -0.3 is 4.90 Å². The fourth-order valence-corrected chi connectivity index (χ4v) is 3.00. The fourth-order valence-electron chi connectivity index (χ4n) is 2.04. The van der Waals surface area contributed by atoms with Crippen molar-refractivity contribution in [3.05, 3.63) is 35.1 Å². The molecule has 0 saturated heterocycles. The highest BCUT2D eigenvalue weighted by Gasteiger charge is 2.20. The van der Waals surface area contributed by atoms with E-state index in [4.69, 9.17) is 0 Å². The zero-order chi connectivity index (χ0) is 11.1. The highest BCUT2D eigenvalue weighted by molar-refractivity contribution is 7.13. The Bertz CT molecular complexity index is 536. The summed E-state index contributed by atoms with van der Waals surface area (Å²) in [6.45, 7) is 0.905. The maximum Gasteiger partial charge on any atom is 0.143 e. The van der Waals surface area contributed by atoms with Gasteiger partial charge in [0, 0.05) is 19.7 Å². The third-order valence-corrected chi connectivity index (χ3v) is 3.89. The van der Waals surface area contributed by atoms with Gasteiger partial charge >= 0.3 is 0 Å². The number of thiophene rings is 1. The lowest BCUT2D eigenvalue weighted by molar-refractivity contribution is 0.621. The van der Waals surface area contributed by atoms with Crippen LogP contribution in [-0.2, 0) is 6.42 Å². The number of fused-ring (bicyclic) bond motifs is 3. The number of anilines is 1. The van der Waals surface area contributed by atoms with Crippen LogP contribution in [0.25, 0.3) is 10.6 Å². The van der Waals surface area contributed by atoms with Gasteiger partial charge in [-0.2, -0.15) is 0 Å². The van der Waals surface area contributed by atoms with Crippen molar-refractivity contribution in [3.63, 3.8) is 0 Å². The van der Waals surface area contributed by atoms with Gasteiger partial charge in [0.25, 0.3) is 0 Å². The first-order valence-corrected chi connectivity index (χ1v) is 6.07. The summed E-state index contributed by atoms with van der Waals surface area (Å²) < 4.78 is 13.2. The molecule has 0 N–H and O–H groups in total. The minimum atomic E-state index is -0.273. The quantitative estimate of drug-likeness (QED) is 0.696. The van der Waals surface area contributed by atoms with Crippen LogP contribution in [0.4, 0.5) is 10.1 Å². The first-order valence-electron chi connectivity index (χ1n) is 5.19. The first-order chi connectivity index (χ1) is 7.75. The van der Waals surface area contributed by atoms with Crippen LogP contribution in [0.15, 0.2) is 23.7 Å². The van der Waals surface area contributed by atoms with Crippen LogP contribution in [-0.4, -0.2) is 18.6 Å². The molecule has 82 valence electrons. The zero-order valence-corrected chi connectivity index (χ0v) is 9.72. The number of aromatic nitrogens is 1. The monoisotopic (exact) mass is 234 g/mol. The number of hydrogen-bond acceptors (Lipinski definition) is 3. The van der Waals surface area contributed by atoms with Gasteiger partial charge in [0.15, 0.2) is 0 Å². The molecule has 3 rings (SSSR count). The number of hydrogen-bond donors (Lipinski definition) is 0. The Labute approximate surface area is 97.4 Å². The fraction of sp³-hybridized carbons (Fsp3) is 0.250. The Hall–Kier alpha value is -1.42. The molecule has 16 heavy (non-hydrogen) atoms. The van der Waals surface area contributed by atoms with Crippen molar-refractivity contribution < 1.29 is 4.39 Å². The van der Waals surface area contributed by atoms with E-state index in [1.807, 2.05) is 7.05 Å². The van der Waals surface area contributed by atoms with Crippen LogP contribution >= 0.6 is 11.3 Å². The molecule has 0 radical (unpaired) electrons. The highest BCUT2D eigenvalue weighted by Crippen LogP contribution is 2.37. The van der Waals surface area contributed by atoms with E-state index in [2.05, 4.69) is 21.3 Å². The zero-order valence-electron chi connectivity index (χ0n) is 8.90. The predicted octanol–water partition coefficient (Wildman–Crippen LogP) is 2.94. The molecule has 0 aromatic carbocycles. The molecule has 0 spiro atoms. The van der Waals surface area contributed by atoms with Crippen LogP contribution in [0.2, 0.25) is 0 Å². The summed E-state index contributed by atoms with van der Waals surface area (Å²) in [5, 5.41) is 2.07. The number of halogens is 1. The van der Waals surface area contributed by atoms with Crippen molar-refractivity contribution in [3.8, 4) is 10.6 Å². The standard InChI is InChI=1S/C12H11FN2S/c1-15-4-2-8-3-5-16-12(8)11-10(15)6-9(13)7-14-11/h3,5-7H,2,4H2,1H3. The van der Waals surface area contributed by atoms with E-state index in [1.54, 1.807) is 17.4 Å². The summed E-state index contributed by atoms with van der Waals surface area (Å²) in [5.74, 6) is -0.273. The molecule has 0 aliphatic carbocycles. The van der Waals surface area contributed by atoms with Gasteiger partial charge in [-0.1, -0.05) is 0 Å². The van der Waals surface area contributed by atoms with Crippen LogP contribution < -0.4 is 4.90 Å². The van der Waals surface area contributed by atoms with Gasteiger partial charge in [0.05, 0.1) is 16.8 Å². The molecule has 0 fully saturated rings. The van der Waals surface area contributed by atoms with E-state index >= 15 is 0 Å². The Morgan fingerprint density at radius 2 is 2.38 bits per heavy atom. The summed E-state index contributed by atoms with van der Waals surface area (Å²) in [6.07, 6.45) is 2.29. The maximum atomic E-state index is 13.2. The first kappa shape index (κ1) is 9.78. The molecule has 4 heteroatoms. The van der Waals surface area contributed by atoms with Crippen LogP contribution in [0, 0.1) is 5.82 Å². The number of likely N-dealkylation sites (N-methyl/N-ethyl adjacent to an activating group) is 1. The molecule has 2 nitrogen and oxygen atoms in total. The molecule has 0 saturated carbocycles. The Kier molecular flexibility index (Phi) is 2.17. The smallest absolute Gasteiger partial charge is 0.143 e. The highest BCUT2D eigenvalue weighted by atomic mass is 32.1. The molecule has 1 aliphatic heterocycles. The minimum Gasteiger partial charge on any atom is -0.372 e. The second-order valence-corrected chi connectivity index (χ2v) is 4.88. The summed E-state index contributed by atoms with van der Waals surface area (Å²) in [7, 11) is 1.98. The molecule has 0 atom stereocenters. The molecular formula is C12H11FN2S. The third-order valence-electron chi connectivity index (χ3n) is 2.92. The van der Waals surface area contributed by atoms with Crippen molar-refractivity contribution >= 4 is 17.0 Å². The average Bonchev–Trinajstić information content (AvgIpc) is 2.69. The molecule has 2 aromatic rings. The molecule has 3 heterocycles. The summed E-state index contributed by atoms with van der Waals surface area (Å²) in [6, 6.07) is 3.70. The lowest BCUT2D eigenvalue weighted by Gasteiger charge is -2.18. The summed E-state index contributed by atoms with van der Waals surface area (Å²) >= 11 is 1.68. The largest absolute Gasteiger partial charge is 0.372 e.